The molecule has 0 N–H and O–H groups in total. The van der Waals surface area contributed by atoms with Gasteiger partial charge in [-0.3, -0.25) is 9.36 Å². The number of fused-ring (bicyclic) bond motifs is 2. The zero-order valence-electron chi connectivity index (χ0n) is 13.4. The Bertz CT molecular complexity index is 974. The number of aromatic nitrogens is 1. The van der Waals surface area contributed by atoms with Crippen LogP contribution in [0, 0.1) is 12.0 Å². The molecule has 0 bridgehead atoms. The van der Waals surface area contributed by atoms with Crippen LogP contribution in [0.25, 0.3) is 21.8 Å². The topological polar surface area (TPSA) is 31.2 Å². The van der Waals surface area contributed by atoms with Gasteiger partial charge < -0.3 is 4.74 Å². The van der Waals surface area contributed by atoms with E-state index < -0.39 is 0 Å². The molecule has 0 fully saturated rings. The van der Waals surface area contributed by atoms with Gasteiger partial charge in [0.2, 0.25) is 0 Å². The van der Waals surface area contributed by atoms with Crippen LogP contribution in [0.3, 0.4) is 0 Å². The summed E-state index contributed by atoms with van der Waals surface area (Å²) >= 11 is 0. The van der Waals surface area contributed by atoms with Crippen molar-refractivity contribution in [1.29, 1.82) is 0 Å². The number of benzene rings is 2. The summed E-state index contributed by atoms with van der Waals surface area (Å²) in [5, 5.41) is 1.31. The van der Waals surface area contributed by atoms with Crippen molar-refractivity contribution in [2.75, 3.05) is 6.61 Å². The van der Waals surface area contributed by atoms with Gasteiger partial charge in [0.1, 0.15) is 5.75 Å². The predicted octanol–water partition coefficient (Wildman–Crippen LogP) is 4.16. The molecule has 0 spiro atoms. The van der Waals surface area contributed by atoms with E-state index in [9.17, 15) is 4.79 Å². The van der Waals surface area contributed by atoms with Gasteiger partial charge in [0.25, 0.3) is 0 Å². The van der Waals surface area contributed by atoms with E-state index in [0.29, 0.717) is 17.4 Å². The minimum Gasteiger partial charge on any atom is -0.494 e. The Hall–Kier alpha value is -2.73. The molecule has 0 aliphatic rings. The van der Waals surface area contributed by atoms with Crippen LogP contribution < -0.4 is 10.2 Å². The molecule has 0 saturated carbocycles. The van der Waals surface area contributed by atoms with E-state index in [1.807, 2.05) is 47.0 Å². The van der Waals surface area contributed by atoms with Gasteiger partial charge in [0.15, 0.2) is 5.43 Å². The molecule has 0 radical (unpaired) electrons. The number of unbranched alkanes of at least 4 members (excludes halogenated alkanes) is 1. The second-order valence-electron chi connectivity index (χ2n) is 5.42. The van der Waals surface area contributed by atoms with Crippen molar-refractivity contribution in [2.24, 2.45) is 0 Å². The third kappa shape index (κ3) is 2.80. The van der Waals surface area contributed by atoms with Gasteiger partial charge in [-0.15, -0.1) is 0 Å². The lowest BCUT2D eigenvalue weighted by Crippen LogP contribution is -2.09. The van der Waals surface area contributed by atoms with Crippen molar-refractivity contribution in [2.45, 2.75) is 26.7 Å². The van der Waals surface area contributed by atoms with Crippen molar-refractivity contribution < 1.29 is 4.74 Å². The summed E-state index contributed by atoms with van der Waals surface area (Å²) in [6, 6.07) is 16.3. The first-order valence-corrected chi connectivity index (χ1v) is 7.89. The van der Waals surface area contributed by atoms with E-state index in [2.05, 4.69) is 18.9 Å². The number of ether oxygens (including phenoxy) is 1. The van der Waals surface area contributed by atoms with Gasteiger partial charge in [-0.25, -0.2) is 0 Å². The monoisotopic (exact) mass is 305 g/mol. The highest BCUT2D eigenvalue weighted by molar-refractivity contribution is 5.95. The molecule has 116 valence electrons. The van der Waals surface area contributed by atoms with E-state index in [-0.39, 0.29) is 5.43 Å². The maximum absolute atomic E-state index is 12.8. The smallest absolute Gasteiger partial charge is 0.197 e. The number of rotatable bonds is 4. The van der Waals surface area contributed by atoms with Crippen molar-refractivity contribution in [1.82, 2.24) is 4.57 Å². The summed E-state index contributed by atoms with van der Waals surface area (Å²) in [4.78, 5) is 12.8. The highest BCUT2D eigenvalue weighted by Gasteiger charge is 2.10. The minimum absolute atomic E-state index is 0.0192. The average molecular weight is 305 g/mol. The largest absolute Gasteiger partial charge is 0.494 e. The second kappa shape index (κ2) is 6.58. The lowest BCUT2D eigenvalue weighted by molar-refractivity contribution is 0.310. The molecule has 0 amide bonds. The number of nitrogens with zero attached hydrogens (tertiary/aromatic N) is 1. The Morgan fingerprint density at radius 3 is 2.65 bits per heavy atom. The lowest BCUT2D eigenvalue weighted by atomic mass is 10.1. The van der Waals surface area contributed by atoms with Crippen molar-refractivity contribution in [3.8, 4) is 17.7 Å². The first-order valence-electron chi connectivity index (χ1n) is 7.89. The van der Waals surface area contributed by atoms with E-state index >= 15 is 0 Å². The quantitative estimate of drug-likeness (QED) is 0.412. The Labute approximate surface area is 135 Å². The molecule has 1 aromatic heterocycles. The zero-order valence-corrected chi connectivity index (χ0v) is 13.4. The van der Waals surface area contributed by atoms with Crippen LogP contribution in [0.2, 0.25) is 0 Å². The zero-order chi connectivity index (χ0) is 16.2. The molecule has 0 aliphatic carbocycles. The highest BCUT2D eigenvalue weighted by Crippen LogP contribution is 2.22. The molecule has 2 aromatic carbocycles. The third-order valence-corrected chi connectivity index (χ3v) is 3.83. The van der Waals surface area contributed by atoms with Crippen LogP contribution in [0.4, 0.5) is 0 Å². The number of para-hydroxylation sites is 1. The van der Waals surface area contributed by atoms with E-state index in [1.54, 1.807) is 6.92 Å². The van der Waals surface area contributed by atoms with Gasteiger partial charge in [0, 0.05) is 11.4 Å². The van der Waals surface area contributed by atoms with Crippen LogP contribution in [-0.2, 0) is 0 Å². The second-order valence-corrected chi connectivity index (χ2v) is 5.42. The van der Waals surface area contributed by atoms with Crippen molar-refractivity contribution >= 4 is 21.8 Å². The Kier molecular flexibility index (Phi) is 4.34. The third-order valence-electron chi connectivity index (χ3n) is 3.83. The highest BCUT2D eigenvalue weighted by atomic mass is 16.5. The predicted molar refractivity (Wildman–Crippen MR) is 95.0 cm³/mol. The number of hydrogen-bond acceptors (Lipinski definition) is 2. The molecule has 0 unspecified atom stereocenters. The standard InChI is InChI=1S/C20H19NO2/c1-3-5-13-23-15-10-11-19-17(14-15)20(22)16-8-6-7-9-18(16)21(19)12-4-2/h6-11,14H,3,5,13H2,1-2H3. The van der Waals surface area contributed by atoms with Gasteiger partial charge in [-0.05, 0) is 43.7 Å². The molecular weight excluding hydrogens is 286 g/mol. The minimum atomic E-state index is 0.0192. The number of pyridine rings is 1. The Balaban J connectivity index is 2.27. The first kappa shape index (κ1) is 15.2. The molecule has 23 heavy (non-hydrogen) atoms. The summed E-state index contributed by atoms with van der Waals surface area (Å²) in [5.41, 5.74) is 1.66. The molecule has 0 saturated heterocycles. The van der Waals surface area contributed by atoms with Gasteiger partial charge in [0.05, 0.1) is 23.0 Å². The average Bonchev–Trinajstić information content (AvgIpc) is 2.59. The van der Waals surface area contributed by atoms with Crippen LogP contribution in [0.5, 0.6) is 5.75 Å². The Morgan fingerprint density at radius 2 is 1.87 bits per heavy atom. The lowest BCUT2D eigenvalue weighted by Gasteiger charge is -2.11. The van der Waals surface area contributed by atoms with Crippen LogP contribution in [0.1, 0.15) is 26.7 Å². The molecular formula is C20H19NO2. The summed E-state index contributed by atoms with van der Waals surface area (Å²) in [6.45, 7) is 4.58. The summed E-state index contributed by atoms with van der Waals surface area (Å²) in [6.07, 6.45) is 2.08. The maximum atomic E-state index is 12.8. The van der Waals surface area contributed by atoms with Gasteiger partial charge in [-0.2, -0.15) is 0 Å². The molecule has 3 heteroatoms. The molecule has 1 heterocycles. The fraction of sp³-hybridized carbons (Fsp3) is 0.250. The van der Waals surface area contributed by atoms with Crippen LogP contribution in [-0.4, -0.2) is 11.2 Å². The van der Waals surface area contributed by atoms with E-state index in [0.717, 1.165) is 29.6 Å². The molecule has 3 nitrogen and oxygen atoms in total. The van der Waals surface area contributed by atoms with Gasteiger partial charge in [-0.1, -0.05) is 31.4 Å². The first-order chi connectivity index (χ1) is 11.3. The molecule has 3 aromatic rings. The summed E-state index contributed by atoms with van der Waals surface area (Å²) in [7, 11) is 0. The fourth-order valence-electron chi connectivity index (χ4n) is 2.68. The maximum Gasteiger partial charge on any atom is 0.197 e. The normalized spacial score (nSPS) is 10.5. The summed E-state index contributed by atoms with van der Waals surface area (Å²) < 4.78 is 7.61. The van der Waals surface area contributed by atoms with Crippen LogP contribution in [0.15, 0.2) is 47.3 Å². The molecule has 0 atom stereocenters. The molecule has 0 aliphatic heterocycles. The molecule has 3 rings (SSSR count). The van der Waals surface area contributed by atoms with Crippen molar-refractivity contribution in [3.05, 3.63) is 52.7 Å². The van der Waals surface area contributed by atoms with E-state index in [4.69, 9.17) is 4.74 Å². The number of hydrogen-bond donors (Lipinski definition) is 0. The fourth-order valence-corrected chi connectivity index (χ4v) is 2.68. The van der Waals surface area contributed by atoms with Gasteiger partial charge >= 0.3 is 0 Å². The van der Waals surface area contributed by atoms with Crippen LogP contribution >= 0.6 is 0 Å². The van der Waals surface area contributed by atoms with Crippen molar-refractivity contribution in [3.63, 3.8) is 0 Å². The Morgan fingerprint density at radius 1 is 1.09 bits per heavy atom. The summed E-state index contributed by atoms with van der Waals surface area (Å²) in [5.74, 6) is 3.65. The SMILES string of the molecule is CC#Cn1c2ccccc2c(=O)c2cc(OCCCC)ccc21. The van der Waals surface area contributed by atoms with E-state index in [1.165, 1.54) is 0 Å².